The van der Waals surface area contributed by atoms with E-state index in [9.17, 15) is 13.6 Å². The molecule has 1 atom stereocenters. The van der Waals surface area contributed by atoms with Gasteiger partial charge in [0.05, 0.1) is 23.4 Å². The number of nitrogens with one attached hydrogen (secondary N) is 1. The Morgan fingerprint density at radius 1 is 1.46 bits per heavy atom. The van der Waals surface area contributed by atoms with Crippen LogP contribution in [0.2, 0.25) is 0 Å². The summed E-state index contributed by atoms with van der Waals surface area (Å²) in [5.74, 6) is -1.25. The molecule has 0 radical (unpaired) electrons. The minimum Gasteiger partial charge on any atom is -0.490 e. The Balaban J connectivity index is 1.79. The fourth-order valence-electron chi connectivity index (χ4n) is 2.82. The molecule has 1 aliphatic rings. The quantitative estimate of drug-likeness (QED) is 0.934. The Bertz CT molecular complexity index is 786. The second-order valence-corrected chi connectivity index (χ2v) is 6.36. The Kier molecular flexibility index (Phi) is 4.26. The summed E-state index contributed by atoms with van der Waals surface area (Å²) in [6, 6.07) is 1.26. The maximum Gasteiger partial charge on any atom is 0.255 e. The van der Waals surface area contributed by atoms with Gasteiger partial charge in [-0.2, -0.15) is 5.10 Å². The van der Waals surface area contributed by atoms with E-state index >= 15 is 0 Å². The highest BCUT2D eigenvalue weighted by atomic mass is 19.1. The van der Waals surface area contributed by atoms with E-state index in [2.05, 4.69) is 24.3 Å². The lowest BCUT2D eigenvalue weighted by atomic mass is 10.1. The first kappa shape index (κ1) is 16.4. The van der Waals surface area contributed by atoms with Crippen LogP contribution in [0, 0.1) is 24.5 Å². The number of nitrogens with zero attached hydrogens (tertiary/aromatic N) is 2. The third-order valence-electron chi connectivity index (χ3n) is 4.00. The topological polar surface area (TPSA) is 56.1 Å². The smallest absolute Gasteiger partial charge is 0.255 e. The van der Waals surface area contributed by atoms with Crippen molar-refractivity contribution in [1.82, 2.24) is 15.1 Å². The van der Waals surface area contributed by atoms with Crippen molar-refractivity contribution in [2.24, 2.45) is 5.92 Å². The summed E-state index contributed by atoms with van der Waals surface area (Å²) >= 11 is 0. The number of carbonyl (C=O) groups is 1. The van der Waals surface area contributed by atoms with E-state index in [1.165, 1.54) is 6.20 Å². The van der Waals surface area contributed by atoms with E-state index in [0.717, 1.165) is 17.8 Å². The molecule has 1 aliphatic heterocycles. The lowest BCUT2D eigenvalue weighted by Crippen LogP contribution is -2.30. The molecule has 0 bridgehead atoms. The number of rotatable bonds is 4. The third-order valence-corrected chi connectivity index (χ3v) is 4.00. The van der Waals surface area contributed by atoms with Crippen LogP contribution in [-0.2, 0) is 6.54 Å². The lowest BCUT2D eigenvalue weighted by Gasteiger charge is -2.13. The van der Waals surface area contributed by atoms with Gasteiger partial charge in [-0.25, -0.2) is 8.78 Å². The number of fused-ring (bicyclic) bond motifs is 1. The van der Waals surface area contributed by atoms with Crippen molar-refractivity contribution < 1.29 is 18.3 Å². The van der Waals surface area contributed by atoms with Crippen molar-refractivity contribution in [2.75, 3.05) is 6.61 Å². The number of carbonyl (C=O) groups excluding carboxylic acids is 1. The molecule has 0 saturated heterocycles. The zero-order valence-corrected chi connectivity index (χ0v) is 13.8. The molecule has 0 aliphatic carbocycles. The number of hydrogen-bond donors (Lipinski definition) is 1. The molecule has 2 aromatic rings. The first-order valence-electron chi connectivity index (χ1n) is 7.81. The number of halogens is 2. The van der Waals surface area contributed by atoms with Gasteiger partial charge in [0.1, 0.15) is 24.0 Å². The number of benzene rings is 1. The van der Waals surface area contributed by atoms with E-state index in [0.29, 0.717) is 18.0 Å². The standard InChI is InChI=1S/C17H19F2N3O2/c1-9(2)7-22-10(3)12(6-20-22)17(23)21-14-8-24-15-5-11(18)4-13(19)16(14)15/h4-6,9,14H,7-8H2,1-3H3,(H,21,23). The summed E-state index contributed by atoms with van der Waals surface area (Å²) in [4.78, 5) is 12.5. The van der Waals surface area contributed by atoms with Gasteiger partial charge in [-0.3, -0.25) is 9.48 Å². The number of aromatic nitrogens is 2. The molecule has 7 heteroatoms. The second kappa shape index (κ2) is 6.22. The number of amides is 1. The van der Waals surface area contributed by atoms with E-state index in [-0.39, 0.29) is 23.8 Å². The highest BCUT2D eigenvalue weighted by molar-refractivity contribution is 5.95. The van der Waals surface area contributed by atoms with Gasteiger partial charge in [0.2, 0.25) is 0 Å². The van der Waals surface area contributed by atoms with Crippen molar-refractivity contribution >= 4 is 5.91 Å². The normalized spacial score (nSPS) is 16.2. The van der Waals surface area contributed by atoms with Gasteiger partial charge >= 0.3 is 0 Å². The van der Waals surface area contributed by atoms with Crippen LogP contribution in [0.5, 0.6) is 5.75 Å². The fourth-order valence-corrected chi connectivity index (χ4v) is 2.82. The van der Waals surface area contributed by atoms with Crippen molar-refractivity contribution in [3.8, 4) is 5.75 Å². The molecule has 3 rings (SSSR count). The summed E-state index contributed by atoms with van der Waals surface area (Å²) < 4.78 is 34.3. The average Bonchev–Trinajstić information content (AvgIpc) is 3.03. The van der Waals surface area contributed by atoms with Crippen molar-refractivity contribution in [3.05, 3.63) is 46.8 Å². The monoisotopic (exact) mass is 335 g/mol. The van der Waals surface area contributed by atoms with Crippen LogP contribution < -0.4 is 10.1 Å². The Hall–Kier alpha value is -2.44. The van der Waals surface area contributed by atoms with Crippen molar-refractivity contribution in [3.63, 3.8) is 0 Å². The molecule has 128 valence electrons. The summed E-state index contributed by atoms with van der Waals surface area (Å²) in [5, 5.41) is 6.97. The van der Waals surface area contributed by atoms with Gasteiger partial charge in [0, 0.05) is 24.4 Å². The highest BCUT2D eigenvalue weighted by Gasteiger charge is 2.31. The van der Waals surface area contributed by atoms with Crippen molar-refractivity contribution in [1.29, 1.82) is 0 Å². The Labute approximate surface area is 138 Å². The minimum atomic E-state index is -0.722. The van der Waals surface area contributed by atoms with Crippen LogP contribution in [0.1, 0.15) is 41.5 Å². The molecule has 0 spiro atoms. The maximum absolute atomic E-state index is 14.0. The first-order chi connectivity index (χ1) is 11.4. The molecule has 1 N–H and O–H groups in total. The lowest BCUT2D eigenvalue weighted by molar-refractivity contribution is 0.0929. The molecular weight excluding hydrogens is 316 g/mol. The van der Waals surface area contributed by atoms with Gasteiger partial charge in [0.15, 0.2) is 0 Å². The zero-order valence-electron chi connectivity index (χ0n) is 13.8. The molecule has 24 heavy (non-hydrogen) atoms. The molecule has 2 heterocycles. The van der Waals surface area contributed by atoms with E-state index < -0.39 is 17.7 Å². The molecule has 0 saturated carbocycles. The largest absolute Gasteiger partial charge is 0.490 e. The molecule has 5 nitrogen and oxygen atoms in total. The summed E-state index contributed by atoms with van der Waals surface area (Å²) in [5.41, 5.74) is 1.36. The molecule has 1 aromatic carbocycles. The summed E-state index contributed by atoms with van der Waals surface area (Å²) in [6.45, 7) is 6.73. The van der Waals surface area contributed by atoms with E-state index in [4.69, 9.17) is 4.74 Å². The SMILES string of the molecule is Cc1c(C(=O)NC2COc3cc(F)cc(F)c32)cnn1CC(C)C. The van der Waals surface area contributed by atoms with Crippen molar-refractivity contribution in [2.45, 2.75) is 33.4 Å². The summed E-state index contributed by atoms with van der Waals surface area (Å²) in [6.07, 6.45) is 1.50. The average molecular weight is 335 g/mol. The second-order valence-electron chi connectivity index (χ2n) is 6.36. The van der Waals surface area contributed by atoms with Crippen LogP contribution in [0.4, 0.5) is 8.78 Å². The first-order valence-corrected chi connectivity index (χ1v) is 7.81. The van der Waals surface area contributed by atoms with Crippen LogP contribution >= 0.6 is 0 Å². The van der Waals surface area contributed by atoms with Gasteiger partial charge in [-0.05, 0) is 12.8 Å². The van der Waals surface area contributed by atoms with E-state index in [1.807, 2.05) is 6.92 Å². The van der Waals surface area contributed by atoms with Crippen LogP contribution in [-0.4, -0.2) is 22.3 Å². The van der Waals surface area contributed by atoms with Crippen LogP contribution in [0.3, 0.4) is 0 Å². The predicted octanol–water partition coefficient (Wildman–Crippen LogP) is 2.99. The van der Waals surface area contributed by atoms with Crippen LogP contribution in [0.15, 0.2) is 18.3 Å². The Morgan fingerprint density at radius 2 is 2.21 bits per heavy atom. The molecule has 0 fully saturated rings. The molecule has 1 amide bonds. The molecule has 1 aromatic heterocycles. The zero-order chi connectivity index (χ0) is 17.4. The maximum atomic E-state index is 14.0. The molecule has 1 unspecified atom stereocenters. The Morgan fingerprint density at radius 3 is 2.92 bits per heavy atom. The highest BCUT2D eigenvalue weighted by Crippen LogP contribution is 2.35. The third kappa shape index (κ3) is 2.98. The number of hydrogen-bond acceptors (Lipinski definition) is 3. The number of ether oxygens (including phenoxy) is 1. The van der Waals surface area contributed by atoms with Gasteiger partial charge in [0.25, 0.3) is 5.91 Å². The van der Waals surface area contributed by atoms with Crippen LogP contribution in [0.25, 0.3) is 0 Å². The van der Waals surface area contributed by atoms with E-state index in [1.54, 1.807) is 4.68 Å². The van der Waals surface area contributed by atoms with Gasteiger partial charge in [-0.1, -0.05) is 13.8 Å². The fraction of sp³-hybridized carbons (Fsp3) is 0.412. The summed E-state index contributed by atoms with van der Waals surface area (Å²) in [7, 11) is 0. The predicted molar refractivity (Wildman–Crippen MR) is 83.9 cm³/mol. The molecular formula is C17H19F2N3O2. The van der Waals surface area contributed by atoms with Gasteiger partial charge < -0.3 is 10.1 Å². The van der Waals surface area contributed by atoms with Gasteiger partial charge in [-0.15, -0.1) is 0 Å². The minimum absolute atomic E-state index is 0.0701.